The molecule has 3 rings (SSSR count). The molecule has 0 atom stereocenters. The molecule has 27 heavy (non-hydrogen) atoms. The topological polar surface area (TPSA) is 103 Å². The Balaban J connectivity index is 1.71. The molecule has 3 N–H and O–H groups in total. The maximum absolute atomic E-state index is 13.9. The van der Waals surface area contributed by atoms with Crippen LogP contribution in [0.5, 0.6) is 0 Å². The summed E-state index contributed by atoms with van der Waals surface area (Å²) in [4.78, 5) is 27.9. The molecule has 2 heterocycles. The van der Waals surface area contributed by atoms with Gasteiger partial charge >= 0.3 is 0 Å². The summed E-state index contributed by atoms with van der Waals surface area (Å²) in [6.07, 6.45) is 3.54. The second-order valence-electron chi connectivity index (χ2n) is 5.82. The van der Waals surface area contributed by atoms with E-state index in [1.165, 1.54) is 30.8 Å². The summed E-state index contributed by atoms with van der Waals surface area (Å²) in [5.41, 5.74) is 5.52. The van der Waals surface area contributed by atoms with Crippen LogP contribution in [0.1, 0.15) is 32.2 Å². The molecule has 7 nitrogen and oxygen atoms in total. The van der Waals surface area contributed by atoms with Gasteiger partial charge < -0.3 is 20.0 Å². The molecule has 0 bridgehead atoms. The van der Waals surface area contributed by atoms with Crippen LogP contribution in [-0.2, 0) is 12.8 Å². The summed E-state index contributed by atoms with van der Waals surface area (Å²) in [6, 6.07) is 5.60. The van der Waals surface area contributed by atoms with Crippen LogP contribution in [0.4, 0.5) is 10.1 Å². The van der Waals surface area contributed by atoms with Gasteiger partial charge in [-0.3, -0.25) is 9.59 Å². The number of anilines is 1. The van der Waals surface area contributed by atoms with Crippen LogP contribution in [0.25, 0.3) is 0 Å². The zero-order chi connectivity index (χ0) is 19.6. The van der Waals surface area contributed by atoms with Crippen molar-refractivity contribution in [3.8, 4) is 0 Å². The predicted octanol–water partition coefficient (Wildman–Crippen LogP) is 3.10. The Morgan fingerprint density at radius 3 is 2.81 bits per heavy atom. The normalized spacial score (nSPS) is 10.8. The van der Waals surface area contributed by atoms with E-state index in [0.29, 0.717) is 11.5 Å². The van der Waals surface area contributed by atoms with Crippen LogP contribution in [0, 0.1) is 12.7 Å². The molecule has 0 saturated carbocycles. The highest BCUT2D eigenvalue weighted by atomic mass is 32.2. The van der Waals surface area contributed by atoms with Crippen molar-refractivity contribution in [2.45, 2.75) is 17.8 Å². The van der Waals surface area contributed by atoms with E-state index in [4.69, 9.17) is 10.2 Å². The number of carbonyl (C=O) groups is 2. The number of thioether (sulfide) groups is 1. The summed E-state index contributed by atoms with van der Waals surface area (Å²) in [5, 5.41) is 3.38. The number of carbonyl (C=O) groups excluding carboxylic acids is 2. The predicted molar refractivity (Wildman–Crippen MR) is 99.1 cm³/mol. The Morgan fingerprint density at radius 2 is 2.15 bits per heavy atom. The van der Waals surface area contributed by atoms with E-state index in [9.17, 15) is 14.0 Å². The fourth-order valence-corrected chi connectivity index (χ4v) is 3.17. The third-order valence-electron chi connectivity index (χ3n) is 3.88. The summed E-state index contributed by atoms with van der Waals surface area (Å²) in [6.45, 7) is 1.49. The monoisotopic (exact) mass is 388 g/mol. The second-order valence-corrected chi connectivity index (χ2v) is 6.77. The smallest absolute Gasteiger partial charge is 0.291 e. The van der Waals surface area contributed by atoms with Gasteiger partial charge in [-0.2, -0.15) is 0 Å². The van der Waals surface area contributed by atoms with Gasteiger partial charge in [0.2, 0.25) is 5.91 Å². The van der Waals surface area contributed by atoms with Crippen LogP contribution in [0.3, 0.4) is 0 Å². The van der Waals surface area contributed by atoms with Gasteiger partial charge in [0, 0.05) is 36.3 Å². The van der Waals surface area contributed by atoms with Gasteiger partial charge in [-0.05, 0) is 31.2 Å². The van der Waals surface area contributed by atoms with Gasteiger partial charge in [-0.25, -0.2) is 9.37 Å². The molecular formula is C18H17FN4O3S. The van der Waals surface area contributed by atoms with E-state index in [0.717, 1.165) is 11.2 Å². The van der Waals surface area contributed by atoms with E-state index in [1.807, 2.05) is 17.8 Å². The number of rotatable bonds is 6. The minimum Gasteiger partial charge on any atom is -0.455 e. The second kappa shape index (κ2) is 7.67. The van der Waals surface area contributed by atoms with Crippen LogP contribution >= 0.6 is 11.8 Å². The quantitative estimate of drug-likeness (QED) is 0.632. The summed E-state index contributed by atoms with van der Waals surface area (Å²) in [5.74, 6) is -0.781. The number of imidazole rings is 1. The maximum Gasteiger partial charge on any atom is 0.291 e. The van der Waals surface area contributed by atoms with Crippen LogP contribution < -0.4 is 11.1 Å². The lowest BCUT2D eigenvalue weighted by Gasteiger charge is -2.09. The van der Waals surface area contributed by atoms with Gasteiger partial charge in [0.25, 0.3) is 5.91 Å². The lowest BCUT2D eigenvalue weighted by molar-refractivity contribution is 0.0987. The molecule has 0 saturated heterocycles. The first-order chi connectivity index (χ1) is 12.8. The molecule has 0 radical (unpaired) electrons. The maximum atomic E-state index is 13.9. The van der Waals surface area contributed by atoms with Gasteiger partial charge in [-0.15, -0.1) is 0 Å². The molecule has 2 aromatic heterocycles. The highest BCUT2D eigenvalue weighted by molar-refractivity contribution is 7.98. The average molecular weight is 388 g/mol. The Bertz CT molecular complexity index is 1010. The largest absolute Gasteiger partial charge is 0.455 e. The fourth-order valence-electron chi connectivity index (χ4n) is 2.34. The summed E-state index contributed by atoms with van der Waals surface area (Å²) >= 11 is 1.47. The molecule has 0 aliphatic carbocycles. The number of amides is 2. The fraction of sp³-hybridized carbons (Fsp3) is 0.167. The Hall–Kier alpha value is -3.07. The standard InChI is InChI=1S/C18H17FN4O3S/c1-10-13(19)7-11(16(20)24)8-14(10)22-17(25)15-4-3-12(26-15)9-27-18-21-5-6-23(18)2/h3-8H,9H2,1-2H3,(H2,20,24)(H,22,25). The number of hydrogen-bond donors (Lipinski definition) is 2. The molecule has 3 aromatic rings. The van der Waals surface area contributed by atoms with E-state index < -0.39 is 17.6 Å². The lowest BCUT2D eigenvalue weighted by atomic mass is 10.1. The highest BCUT2D eigenvalue weighted by Crippen LogP contribution is 2.24. The number of hydrogen-bond acceptors (Lipinski definition) is 5. The number of halogens is 1. The van der Waals surface area contributed by atoms with Gasteiger partial charge in [-0.1, -0.05) is 11.8 Å². The van der Waals surface area contributed by atoms with Gasteiger partial charge in [0.05, 0.1) is 5.75 Å². The van der Waals surface area contributed by atoms with Crippen molar-refractivity contribution < 1.29 is 18.4 Å². The third-order valence-corrected chi connectivity index (χ3v) is 4.96. The van der Waals surface area contributed by atoms with Crippen molar-refractivity contribution in [2.75, 3.05) is 5.32 Å². The minimum absolute atomic E-state index is 0.0278. The first kappa shape index (κ1) is 18.7. The van der Waals surface area contributed by atoms with Gasteiger partial charge in [0.1, 0.15) is 11.6 Å². The van der Waals surface area contributed by atoms with Crippen molar-refractivity contribution >= 4 is 29.3 Å². The number of primary amides is 1. The van der Waals surface area contributed by atoms with Crippen molar-refractivity contribution in [1.29, 1.82) is 0 Å². The Morgan fingerprint density at radius 1 is 1.37 bits per heavy atom. The molecule has 0 aliphatic rings. The zero-order valence-corrected chi connectivity index (χ0v) is 15.5. The Kier molecular flexibility index (Phi) is 5.31. The minimum atomic E-state index is -0.781. The molecule has 0 aliphatic heterocycles. The zero-order valence-electron chi connectivity index (χ0n) is 14.7. The SMILES string of the molecule is Cc1c(F)cc(C(N)=O)cc1NC(=O)c1ccc(CSc2nccn2C)o1. The number of benzene rings is 1. The Labute approximate surface area is 158 Å². The number of aryl methyl sites for hydroxylation is 1. The summed E-state index contributed by atoms with van der Waals surface area (Å²) < 4.78 is 21.4. The molecule has 0 fully saturated rings. The first-order valence-corrected chi connectivity index (χ1v) is 8.94. The number of nitrogens with one attached hydrogen (secondary N) is 1. The molecule has 0 unspecified atom stereocenters. The number of nitrogens with zero attached hydrogens (tertiary/aromatic N) is 2. The number of nitrogens with two attached hydrogens (primary N) is 1. The van der Waals surface area contributed by atoms with E-state index in [2.05, 4.69) is 10.3 Å². The molecule has 1 aromatic carbocycles. The van der Waals surface area contributed by atoms with E-state index in [1.54, 1.807) is 12.3 Å². The average Bonchev–Trinajstić information content (AvgIpc) is 3.25. The van der Waals surface area contributed by atoms with Crippen molar-refractivity contribution in [1.82, 2.24) is 9.55 Å². The van der Waals surface area contributed by atoms with Crippen LogP contribution in [0.15, 0.2) is 46.2 Å². The number of aromatic nitrogens is 2. The van der Waals surface area contributed by atoms with E-state index >= 15 is 0 Å². The third kappa shape index (κ3) is 4.20. The van der Waals surface area contributed by atoms with Gasteiger partial charge in [0.15, 0.2) is 10.9 Å². The summed E-state index contributed by atoms with van der Waals surface area (Å²) in [7, 11) is 1.89. The molecule has 9 heteroatoms. The molecule has 140 valence electrons. The van der Waals surface area contributed by atoms with Crippen LogP contribution in [-0.4, -0.2) is 21.4 Å². The van der Waals surface area contributed by atoms with Crippen molar-refractivity contribution in [3.63, 3.8) is 0 Å². The first-order valence-electron chi connectivity index (χ1n) is 7.95. The van der Waals surface area contributed by atoms with Crippen LogP contribution in [0.2, 0.25) is 0 Å². The molecule has 0 spiro atoms. The molecule has 2 amide bonds. The number of furan rings is 1. The highest BCUT2D eigenvalue weighted by Gasteiger charge is 2.16. The van der Waals surface area contributed by atoms with E-state index in [-0.39, 0.29) is 22.6 Å². The lowest BCUT2D eigenvalue weighted by Crippen LogP contribution is -2.16. The molecular weight excluding hydrogens is 371 g/mol. The van der Waals surface area contributed by atoms with Crippen molar-refractivity contribution in [3.05, 3.63) is 65.1 Å². The van der Waals surface area contributed by atoms with Crippen molar-refractivity contribution in [2.24, 2.45) is 12.8 Å².